The minimum atomic E-state index is -0.0712. The van der Waals surface area contributed by atoms with Crippen LogP contribution < -0.4 is 5.32 Å². The van der Waals surface area contributed by atoms with Crippen LogP contribution >= 0.6 is 24.0 Å². The number of hydrogen-bond donors (Lipinski definition) is 1. The molecule has 0 amide bonds. The molecule has 0 aliphatic carbocycles. The third-order valence-corrected chi connectivity index (χ3v) is 3.95. The molecular formula is C15H26IN5O2. The summed E-state index contributed by atoms with van der Waals surface area (Å²) in [5.74, 6) is 1.76. The van der Waals surface area contributed by atoms with E-state index in [-0.39, 0.29) is 35.9 Å². The second-order valence-electron chi connectivity index (χ2n) is 5.37. The lowest BCUT2D eigenvalue weighted by atomic mass is 9.97. The average Bonchev–Trinajstić information content (AvgIpc) is 2.94. The van der Waals surface area contributed by atoms with E-state index in [9.17, 15) is 4.79 Å². The lowest BCUT2D eigenvalue weighted by Gasteiger charge is -2.33. The molecule has 1 aromatic heterocycles. The van der Waals surface area contributed by atoms with Gasteiger partial charge in [-0.25, -0.2) is 4.98 Å². The van der Waals surface area contributed by atoms with Gasteiger partial charge in [-0.15, -0.1) is 24.0 Å². The average molecular weight is 435 g/mol. The number of likely N-dealkylation sites (tertiary alicyclic amines) is 1. The van der Waals surface area contributed by atoms with Crippen molar-refractivity contribution in [2.75, 3.05) is 26.7 Å². The van der Waals surface area contributed by atoms with E-state index in [0.717, 1.165) is 37.7 Å². The second-order valence-corrected chi connectivity index (χ2v) is 5.37. The summed E-state index contributed by atoms with van der Waals surface area (Å²) in [6, 6.07) is 0. The zero-order chi connectivity index (χ0) is 15.9. The van der Waals surface area contributed by atoms with Crippen molar-refractivity contribution in [3.8, 4) is 0 Å². The maximum atomic E-state index is 11.8. The standard InChI is InChI=1S/C15H25N5O2.HI/c1-4-22-14(21)12-5-8-20(9-6-12)15(16-2)18-11-13-17-7-10-19(13)3;/h7,10,12H,4-6,8-9,11H2,1-3H3,(H,16,18);1H. The van der Waals surface area contributed by atoms with Gasteiger partial charge in [0.15, 0.2) is 5.96 Å². The van der Waals surface area contributed by atoms with E-state index in [0.29, 0.717) is 13.2 Å². The molecule has 0 bridgehead atoms. The number of guanidine groups is 1. The van der Waals surface area contributed by atoms with E-state index in [2.05, 4.69) is 20.2 Å². The molecule has 0 aromatic carbocycles. The van der Waals surface area contributed by atoms with Gasteiger partial charge in [-0.3, -0.25) is 9.79 Å². The minimum absolute atomic E-state index is 0. The van der Waals surface area contributed by atoms with E-state index in [1.165, 1.54) is 0 Å². The maximum absolute atomic E-state index is 11.8. The van der Waals surface area contributed by atoms with Gasteiger partial charge in [0.1, 0.15) is 5.82 Å². The number of ether oxygens (including phenoxy) is 1. The number of carbonyl (C=O) groups is 1. The summed E-state index contributed by atoms with van der Waals surface area (Å²) in [6.45, 7) is 4.55. The predicted octanol–water partition coefficient (Wildman–Crippen LogP) is 1.39. The molecule has 0 spiro atoms. The number of rotatable bonds is 4. The van der Waals surface area contributed by atoms with Crippen molar-refractivity contribution >= 4 is 35.9 Å². The first-order valence-corrected chi connectivity index (χ1v) is 7.74. The largest absolute Gasteiger partial charge is 0.466 e. The first-order chi connectivity index (χ1) is 10.7. The molecule has 1 aliphatic rings. The predicted molar refractivity (Wildman–Crippen MR) is 99.8 cm³/mol. The molecule has 1 aromatic rings. The number of halogens is 1. The van der Waals surface area contributed by atoms with Gasteiger partial charge in [0.2, 0.25) is 0 Å². The van der Waals surface area contributed by atoms with Crippen molar-refractivity contribution < 1.29 is 9.53 Å². The molecule has 2 rings (SSSR count). The number of esters is 1. The third kappa shape index (κ3) is 5.36. The fourth-order valence-corrected chi connectivity index (χ4v) is 2.64. The number of hydrogen-bond acceptors (Lipinski definition) is 4. The Bertz CT molecular complexity index is 524. The summed E-state index contributed by atoms with van der Waals surface area (Å²) in [7, 11) is 3.75. The molecule has 0 unspecified atom stereocenters. The van der Waals surface area contributed by atoms with Crippen LogP contribution in [0.3, 0.4) is 0 Å². The molecule has 7 nitrogen and oxygen atoms in total. The Kier molecular flexibility index (Phi) is 8.35. The maximum Gasteiger partial charge on any atom is 0.309 e. The lowest BCUT2D eigenvalue weighted by Crippen LogP contribution is -2.46. The molecular weight excluding hydrogens is 409 g/mol. The van der Waals surface area contributed by atoms with Gasteiger partial charge in [-0.05, 0) is 19.8 Å². The van der Waals surface area contributed by atoms with Gasteiger partial charge in [-0.2, -0.15) is 0 Å². The third-order valence-electron chi connectivity index (χ3n) is 3.95. The summed E-state index contributed by atoms with van der Waals surface area (Å²) in [5, 5.41) is 3.33. The number of nitrogens with one attached hydrogen (secondary N) is 1. The number of carbonyl (C=O) groups excluding carboxylic acids is 1. The molecule has 130 valence electrons. The van der Waals surface area contributed by atoms with Crippen LogP contribution in [0.5, 0.6) is 0 Å². The van der Waals surface area contributed by atoms with Crippen molar-refractivity contribution in [2.45, 2.75) is 26.3 Å². The quantitative estimate of drug-likeness (QED) is 0.335. The first kappa shape index (κ1) is 19.7. The van der Waals surface area contributed by atoms with Crippen LogP contribution in [0.4, 0.5) is 0 Å². The molecule has 1 N–H and O–H groups in total. The Morgan fingerprint density at radius 2 is 2.17 bits per heavy atom. The molecule has 0 radical (unpaired) electrons. The molecule has 8 heteroatoms. The Labute approximate surface area is 154 Å². The van der Waals surface area contributed by atoms with E-state index in [4.69, 9.17) is 4.74 Å². The van der Waals surface area contributed by atoms with Crippen molar-refractivity contribution in [2.24, 2.45) is 18.0 Å². The Balaban J connectivity index is 0.00000264. The summed E-state index contributed by atoms with van der Waals surface area (Å²) in [5.41, 5.74) is 0. The SMILES string of the molecule is CCOC(=O)C1CCN(C(=NC)NCc2nccn2C)CC1.I. The number of aromatic nitrogens is 2. The molecule has 1 fully saturated rings. The van der Waals surface area contributed by atoms with Crippen LogP contribution in [0, 0.1) is 5.92 Å². The summed E-state index contributed by atoms with van der Waals surface area (Å²) in [6.07, 6.45) is 5.32. The topological polar surface area (TPSA) is 71.8 Å². The number of aliphatic imine (C=N–C) groups is 1. The smallest absolute Gasteiger partial charge is 0.309 e. The number of aryl methyl sites for hydroxylation is 1. The van der Waals surface area contributed by atoms with E-state index >= 15 is 0 Å². The highest BCUT2D eigenvalue weighted by Crippen LogP contribution is 2.18. The van der Waals surface area contributed by atoms with E-state index < -0.39 is 0 Å². The van der Waals surface area contributed by atoms with Gasteiger partial charge in [0.25, 0.3) is 0 Å². The van der Waals surface area contributed by atoms with Crippen molar-refractivity contribution in [1.29, 1.82) is 0 Å². The summed E-state index contributed by atoms with van der Waals surface area (Å²) in [4.78, 5) is 22.6. The van der Waals surface area contributed by atoms with Crippen molar-refractivity contribution in [3.63, 3.8) is 0 Å². The monoisotopic (exact) mass is 435 g/mol. The van der Waals surface area contributed by atoms with E-state index in [1.54, 1.807) is 13.2 Å². The summed E-state index contributed by atoms with van der Waals surface area (Å²) < 4.78 is 7.08. The Hall–Kier alpha value is -1.32. The fraction of sp³-hybridized carbons (Fsp3) is 0.667. The highest BCUT2D eigenvalue weighted by atomic mass is 127. The molecule has 0 saturated carbocycles. The number of nitrogens with zero attached hydrogens (tertiary/aromatic N) is 4. The van der Waals surface area contributed by atoms with Gasteiger partial charge in [0, 0.05) is 39.6 Å². The Morgan fingerprint density at radius 1 is 1.48 bits per heavy atom. The molecule has 0 atom stereocenters. The highest BCUT2D eigenvalue weighted by Gasteiger charge is 2.27. The second kappa shape index (κ2) is 9.74. The van der Waals surface area contributed by atoms with Crippen LogP contribution in [0.1, 0.15) is 25.6 Å². The van der Waals surface area contributed by atoms with Crippen LogP contribution in [-0.4, -0.2) is 53.1 Å². The zero-order valence-corrected chi connectivity index (χ0v) is 16.3. The molecule has 1 aliphatic heterocycles. The Morgan fingerprint density at radius 3 is 2.70 bits per heavy atom. The summed E-state index contributed by atoms with van der Waals surface area (Å²) >= 11 is 0. The fourth-order valence-electron chi connectivity index (χ4n) is 2.64. The van der Waals surface area contributed by atoms with Crippen molar-refractivity contribution in [3.05, 3.63) is 18.2 Å². The van der Waals surface area contributed by atoms with Gasteiger partial charge in [-0.1, -0.05) is 0 Å². The van der Waals surface area contributed by atoms with Gasteiger partial charge in [0.05, 0.1) is 19.1 Å². The normalized spacial score (nSPS) is 16.0. The van der Waals surface area contributed by atoms with Crippen LogP contribution in [0.25, 0.3) is 0 Å². The van der Waals surface area contributed by atoms with E-state index in [1.807, 2.05) is 24.7 Å². The van der Waals surface area contributed by atoms with Crippen molar-refractivity contribution in [1.82, 2.24) is 19.8 Å². The van der Waals surface area contributed by atoms with Crippen LogP contribution in [0.15, 0.2) is 17.4 Å². The highest BCUT2D eigenvalue weighted by molar-refractivity contribution is 14.0. The number of piperidine rings is 1. The lowest BCUT2D eigenvalue weighted by molar-refractivity contribution is -0.149. The van der Waals surface area contributed by atoms with Gasteiger partial charge >= 0.3 is 5.97 Å². The molecule has 23 heavy (non-hydrogen) atoms. The molecule has 1 saturated heterocycles. The minimum Gasteiger partial charge on any atom is -0.466 e. The van der Waals surface area contributed by atoms with Crippen LogP contribution in [0.2, 0.25) is 0 Å². The zero-order valence-electron chi connectivity index (χ0n) is 14.0. The van der Waals surface area contributed by atoms with Crippen LogP contribution in [-0.2, 0) is 23.1 Å². The molecule has 2 heterocycles. The van der Waals surface area contributed by atoms with Gasteiger partial charge < -0.3 is 19.5 Å². The number of imidazole rings is 1. The first-order valence-electron chi connectivity index (χ1n) is 7.74.